The molecule has 1 amide bonds. The molecule has 0 radical (unpaired) electrons. The molecule has 4 aromatic carbocycles. The quantitative estimate of drug-likeness (QED) is 0.166. The Morgan fingerprint density at radius 3 is 2.07 bits per heavy atom. The summed E-state index contributed by atoms with van der Waals surface area (Å²) in [5, 5.41) is 0.538. The third kappa shape index (κ3) is 6.60. The number of nitrogens with zero attached hydrogens (tertiary/aromatic N) is 3. The van der Waals surface area contributed by atoms with Gasteiger partial charge in [0, 0.05) is 13.0 Å². The van der Waals surface area contributed by atoms with Crippen LogP contribution in [0.1, 0.15) is 49.7 Å². The molecule has 42 heavy (non-hydrogen) atoms. The van der Waals surface area contributed by atoms with Gasteiger partial charge in [-0.3, -0.25) is 14.2 Å². The first-order chi connectivity index (χ1) is 20.6. The van der Waals surface area contributed by atoms with Crippen molar-refractivity contribution in [2.75, 3.05) is 13.2 Å². The zero-order valence-electron chi connectivity index (χ0n) is 24.3. The molecule has 0 aliphatic rings. The number of amides is 1. The Kier molecular flexibility index (Phi) is 9.44. The molecule has 0 aliphatic carbocycles. The number of aryl methyl sites for hydroxylation is 1. The van der Waals surface area contributed by atoms with Gasteiger partial charge in [0.25, 0.3) is 5.56 Å². The molecular weight excluding hydrogens is 522 g/mol. The largest absolute Gasteiger partial charge is 0.494 e. The number of para-hydroxylation sites is 1. The van der Waals surface area contributed by atoms with Crippen molar-refractivity contribution < 1.29 is 9.53 Å². The summed E-state index contributed by atoms with van der Waals surface area (Å²) in [6, 6.07) is 34.8. The van der Waals surface area contributed by atoms with E-state index in [4.69, 9.17) is 9.72 Å². The molecule has 0 N–H and O–H groups in total. The van der Waals surface area contributed by atoms with Crippen LogP contribution in [0.2, 0.25) is 0 Å². The molecule has 6 nitrogen and oxygen atoms in total. The van der Waals surface area contributed by atoms with Crippen molar-refractivity contribution >= 4 is 16.8 Å². The maximum Gasteiger partial charge on any atom is 0.266 e. The number of hydrogen-bond donors (Lipinski definition) is 0. The van der Waals surface area contributed by atoms with E-state index < -0.39 is 6.04 Å². The van der Waals surface area contributed by atoms with Crippen LogP contribution < -0.4 is 10.3 Å². The topological polar surface area (TPSA) is 64.4 Å². The van der Waals surface area contributed by atoms with Gasteiger partial charge in [-0.2, -0.15) is 0 Å². The van der Waals surface area contributed by atoms with Gasteiger partial charge in [-0.05, 0) is 73.7 Å². The lowest BCUT2D eigenvalue weighted by Gasteiger charge is -2.33. The van der Waals surface area contributed by atoms with Crippen LogP contribution in [0.25, 0.3) is 16.6 Å². The first-order valence-corrected chi connectivity index (χ1v) is 14.7. The Labute approximate surface area is 247 Å². The molecule has 0 spiro atoms. The summed E-state index contributed by atoms with van der Waals surface area (Å²) >= 11 is 0. The minimum Gasteiger partial charge on any atom is -0.494 e. The van der Waals surface area contributed by atoms with Gasteiger partial charge in [-0.25, -0.2) is 4.98 Å². The van der Waals surface area contributed by atoms with Gasteiger partial charge in [-0.15, -0.1) is 0 Å². The highest BCUT2D eigenvalue weighted by Crippen LogP contribution is 2.28. The molecular formula is C36H37N3O3. The first-order valence-electron chi connectivity index (χ1n) is 14.7. The molecule has 0 aliphatic heterocycles. The van der Waals surface area contributed by atoms with Crippen LogP contribution in [0.5, 0.6) is 5.75 Å². The van der Waals surface area contributed by atoms with Crippen molar-refractivity contribution in [2.24, 2.45) is 0 Å². The Morgan fingerprint density at radius 2 is 1.43 bits per heavy atom. The third-order valence-electron chi connectivity index (χ3n) is 7.54. The number of hydrogen-bond acceptors (Lipinski definition) is 4. The lowest BCUT2D eigenvalue weighted by atomic mass is 10.0. The number of carbonyl (C=O) groups excluding carboxylic acids is 1. The second kappa shape index (κ2) is 13.8. The molecule has 5 aromatic rings. The van der Waals surface area contributed by atoms with Crippen molar-refractivity contribution in [3.05, 3.63) is 136 Å². The lowest BCUT2D eigenvalue weighted by molar-refractivity contribution is -0.134. The zero-order valence-corrected chi connectivity index (χ0v) is 24.3. The van der Waals surface area contributed by atoms with Crippen molar-refractivity contribution in [1.82, 2.24) is 14.5 Å². The molecule has 0 bridgehead atoms. The van der Waals surface area contributed by atoms with Crippen LogP contribution in [0, 0.1) is 0 Å². The summed E-state index contributed by atoms with van der Waals surface area (Å²) < 4.78 is 7.32. The molecule has 1 heterocycles. The fraction of sp³-hybridized carbons (Fsp3) is 0.250. The molecule has 0 fully saturated rings. The molecule has 1 unspecified atom stereocenters. The average molecular weight is 560 g/mol. The maximum atomic E-state index is 14.1. The molecule has 214 valence electrons. The first kappa shape index (κ1) is 28.8. The van der Waals surface area contributed by atoms with Crippen LogP contribution in [0.4, 0.5) is 0 Å². The standard InChI is InChI=1S/C36H37N3O3/c1-3-33(38(26-25-28-15-9-6-10-16-28)34(40)24-19-27-13-7-5-8-14-27)35-37-32-18-12-11-17-31(32)36(41)39(35)29-20-22-30(23-21-29)42-4-2/h5-18,20-23,33H,3-4,19,24-26H2,1-2H3. The normalized spacial score (nSPS) is 11.8. The van der Waals surface area contributed by atoms with Crippen molar-refractivity contribution in [1.29, 1.82) is 0 Å². The van der Waals surface area contributed by atoms with Crippen molar-refractivity contribution in [2.45, 2.75) is 45.6 Å². The highest BCUT2D eigenvalue weighted by Gasteiger charge is 2.29. The smallest absolute Gasteiger partial charge is 0.266 e. The molecule has 5 rings (SSSR count). The number of fused-ring (bicyclic) bond motifs is 1. The minimum atomic E-state index is -0.402. The van der Waals surface area contributed by atoms with E-state index in [0.717, 1.165) is 16.9 Å². The highest BCUT2D eigenvalue weighted by molar-refractivity contribution is 5.79. The second-order valence-corrected chi connectivity index (χ2v) is 10.3. The molecule has 1 atom stereocenters. The summed E-state index contributed by atoms with van der Waals surface area (Å²) in [7, 11) is 0. The van der Waals surface area contributed by atoms with Gasteiger partial charge in [0.15, 0.2) is 0 Å². The highest BCUT2D eigenvalue weighted by atomic mass is 16.5. The maximum absolute atomic E-state index is 14.1. The molecule has 0 saturated heterocycles. The summed E-state index contributed by atoms with van der Waals surface area (Å²) in [6.45, 7) is 5.06. The van der Waals surface area contributed by atoms with Gasteiger partial charge in [0.1, 0.15) is 11.6 Å². The molecule has 1 aromatic heterocycles. The number of ether oxygens (including phenoxy) is 1. The van der Waals surface area contributed by atoms with Crippen LogP contribution in [-0.2, 0) is 17.6 Å². The molecule has 0 saturated carbocycles. The van der Waals surface area contributed by atoms with E-state index in [0.29, 0.717) is 61.2 Å². The van der Waals surface area contributed by atoms with Gasteiger partial charge in [-0.1, -0.05) is 79.7 Å². The predicted molar refractivity (Wildman–Crippen MR) is 168 cm³/mol. The van der Waals surface area contributed by atoms with E-state index >= 15 is 0 Å². The Morgan fingerprint density at radius 1 is 0.810 bits per heavy atom. The molecule has 6 heteroatoms. The van der Waals surface area contributed by atoms with Gasteiger partial charge >= 0.3 is 0 Å². The van der Waals surface area contributed by atoms with Crippen LogP contribution >= 0.6 is 0 Å². The van der Waals surface area contributed by atoms with Gasteiger partial charge in [0.05, 0.1) is 29.2 Å². The van der Waals surface area contributed by atoms with Crippen molar-refractivity contribution in [3.8, 4) is 11.4 Å². The Bertz CT molecular complexity index is 1670. The van der Waals surface area contributed by atoms with E-state index in [2.05, 4.69) is 19.1 Å². The number of benzene rings is 4. The van der Waals surface area contributed by atoms with Crippen LogP contribution in [-0.4, -0.2) is 33.5 Å². The summed E-state index contributed by atoms with van der Waals surface area (Å²) in [4.78, 5) is 35.1. The van der Waals surface area contributed by atoms with E-state index in [1.54, 1.807) is 10.6 Å². The van der Waals surface area contributed by atoms with E-state index in [9.17, 15) is 9.59 Å². The Hall–Kier alpha value is -4.71. The number of aromatic nitrogens is 2. The summed E-state index contributed by atoms with van der Waals surface area (Å²) in [5.41, 5.74) is 3.44. The fourth-order valence-corrected chi connectivity index (χ4v) is 5.41. The number of carbonyl (C=O) groups is 1. The SMILES string of the molecule is CCOc1ccc(-n2c(C(CC)N(CCc3ccccc3)C(=O)CCc3ccccc3)nc3ccccc3c2=O)cc1. The van der Waals surface area contributed by atoms with Crippen LogP contribution in [0.15, 0.2) is 114 Å². The average Bonchev–Trinajstić information content (AvgIpc) is 3.03. The van der Waals surface area contributed by atoms with E-state index in [-0.39, 0.29) is 11.5 Å². The third-order valence-corrected chi connectivity index (χ3v) is 7.54. The summed E-state index contributed by atoms with van der Waals surface area (Å²) in [6.07, 6.45) is 2.33. The number of rotatable bonds is 12. The fourth-order valence-electron chi connectivity index (χ4n) is 5.41. The van der Waals surface area contributed by atoms with Gasteiger partial charge < -0.3 is 9.64 Å². The predicted octanol–water partition coefficient (Wildman–Crippen LogP) is 6.94. The minimum absolute atomic E-state index is 0.0438. The van der Waals surface area contributed by atoms with Gasteiger partial charge in [0.2, 0.25) is 5.91 Å². The van der Waals surface area contributed by atoms with Crippen LogP contribution in [0.3, 0.4) is 0 Å². The zero-order chi connectivity index (χ0) is 29.3. The van der Waals surface area contributed by atoms with Crippen molar-refractivity contribution in [3.63, 3.8) is 0 Å². The van der Waals surface area contributed by atoms with E-state index in [1.165, 1.54) is 0 Å². The lowest BCUT2D eigenvalue weighted by Crippen LogP contribution is -2.39. The monoisotopic (exact) mass is 559 g/mol. The second-order valence-electron chi connectivity index (χ2n) is 10.3. The van der Waals surface area contributed by atoms with E-state index in [1.807, 2.05) is 103 Å². The Balaban J connectivity index is 1.58. The summed E-state index contributed by atoms with van der Waals surface area (Å²) in [5.74, 6) is 1.34.